The molecular weight excluding hydrogens is 266 g/mol. The fourth-order valence-electron chi connectivity index (χ4n) is 2.66. The first-order valence-corrected chi connectivity index (χ1v) is 7.40. The van der Waals surface area contributed by atoms with Crippen LogP contribution >= 0.6 is 11.6 Å². The highest BCUT2D eigenvalue weighted by molar-refractivity contribution is 6.32. The van der Waals surface area contributed by atoms with E-state index in [4.69, 9.17) is 11.6 Å². The molecule has 1 aliphatic heterocycles. The Bertz CT molecular complexity index is 589. The first kappa shape index (κ1) is 13.4. The lowest BCUT2D eigenvalue weighted by molar-refractivity contribution is 0.295. The Balaban J connectivity index is 1.76. The lowest BCUT2D eigenvalue weighted by Crippen LogP contribution is -2.30. The third-order valence-electron chi connectivity index (χ3n) is 3.73. The Morgan fingerprint density at radius 2 is 1.55 bits per heavy atom. The summed E-state index contributed by atoms with van der Waals surface area (Å²) in [6.07, 6.45) is 0.943. The van der Waals surface area contributed by atoms with Crippen LogP contribution in [0.4, 0.5) is 0 Å². The molecule has 3 rings (SSSR count). The van der Waals surface area contributed by atoms with Crippen LogP contribution in [0.1, 0.15) is 17.5 Å². The second kappa shape index (κ2) is 6.25. The predicted molar refractivity (Wildman–Crippen MR) is 85.6 cm³/mol. The molecule has 1 aliphatic rings. The van der Waals surface area contributed by atoms with E-state index < -0.39 is 0 Å². The van der Waals surface area contributed by atoms with Crippen LogP contribution in [0.3, 0.4) is 0 Å². The zero-order valence-electron chi connectivity index (χ0n) is 11.4. The lowest BCUT2D eigenvalue weighted by Gasteiger charge is -2.29. The van der Waals surface area contributed by atoms with Crippen LogP contribution in [0.15, 0.2) is 65.7 Å². The molecule has 0 saturated heterocycles. The van der Waals surface area contributed by atoms with Gasteiger partial charge in [-0.15, -0.1) is 0 Å². The number of rotatable bonds is 3. The number of nitrogens with zero attached hydrogens (tertiary/aromatic N) is 1. The maximum Gasteiger partial charge on any atom is 0.0254 e. The van der Waals surface area contributed by atoms with Gasteiger partial charge in [0.05, 0.1) is 0 Å². The summed E-state index contributed by atoms with van der Waals surface area (Å²) in [6.45, 7) is 2.95. The van der Waals surface area contributed by atoms with Gasteiger partial charge in [-0.25, -0.2) is 0 Å². The van der Waals surface area contributed by atoms with Crippen LogP contribution in [-0.2, 0) is 6.54 Å². The average Bonchev–Trinajstić information content (AvgIpc) is 2.51. The van der Waals surface area contributed by atoms with Crippen molar-refractivity contribution in [1.82, 2.24) is 4.90 Å². The van der Waals surface area contributed by atoms with Crippen molar-refractivity contribution in [3.05, 3.63) is 76.8 Å². The molecule has 0 saturated carbocycles. The van der Waals surface area contributed by atoms with Gasteiger partial charge < -0.3 is 0 Å². The second-order valence-corrected chi connectivity index (χ2v) is 5.65. The zero-order chi connectivity index (χ0) is 13.8. The van der Waals surface area contributed by atoms with Gasteiger partial charge in [0, 0.05) is 24.7 Å². The van der Waals surface area contributed by atoms with Gasteiger partial charge in [0.15, 0.2) is 0 Å². The Hall–Kier alpha value is -1.57. The molecule has 0 radical (unpaired) electrons. The minimum absolute atomic E-state index is 0.928. The molecule has 20 heavy (non-hydrogen) atoms. The number of hydrogen-bond donors (Lipinski definition) is 0. The third kappa shape index (κ3) is 3.12. The highest BCUT2D eigenvalue weighted by Crippen LogP contribution is 2.29. The van der Waals surface area contributed by atoms with Gasteiger partial charge in [-0.05, 0) is 23.1 Å². The van der Waals surface area contributed by atoms with Gasteiger partial charge in [0.2, 0.25) is 0 Å². The van der Waals surface area contributed by atoms with Crippen molar-refractivity contribution >= 4 is 17.2 Å². The van der Waals surface area contributed by atoms with E-state index in [1.807, 2.05) is 6.07 Å². The Labute approximate surface area is 125 Å². The lowest BCUT2D eigenvalue weighted by atomic mass is 10.0. The smallest absolute Gasteiger partial charge is 0.0254 e. The number of halogens is 1. The van der Waals surface area contributed by atoms with Crippen molar-refractivity contribution in [2.45, 2.75) is 13.0 Å². The van der Waals surface area contributed by atoms with Crippen LogP contribution < -0.4 is 0 Å². The molecule has 0 N–H and O–H groups in total. The van der Waals surface area contributed by atoms with Gasteiger partial charge in [0.25, 0.3) is 0 Å². The van der Waals surface area contributed by atoms with Gasteiger partial charge in [-0.1, -0.05) is 72.3 Å². The summed E-state index contributed by atoms with van der Waals surface area (Å²) in [7, 11) is 0. The highest BCUT2D eigenvalue weighted by atomic mass is 35.5. The zero-order valence-corrected chi connectivity index (χ0v) is 12.2. The van der Waals surface area contributed by atoms with E-state index in [0.29, 0.717) is 0 Å². The maximum atomic E-state index is 6.44. The van der Waals surface area contributed by atoms with Gasteiger partial charge >= 0.3 is 0 Å². The summed E-state index contributed by atoms with van der Waals surface area (Å²) in [5, 5.41) is 1.01. The second-order valence-electron chi connectivity index (χ2n) is 5.20. The van der Waals surface area contributed by atoms with E-state index in [0.717, 1.165) is 31.1 Å². The summed E-state index contributed by atoms with van der Waals surface area (Å²) in [5.41, 5.74) is 3.88. The third-order valence-corrected chi connectivity index (χ3v) is 4.15. The molecular formula is C18H18ClN. The van der Waals surface area contributed by atoms with Crippen molar-refractivity contribution in [3.63, 3.8) is 0 Å². The number of benzene rings is 2. The molecule has 0 amide bonds. The van der Waals surface area contributed by atoms with Crippen LogP contribution in [-0.4, -0.2) is 18.0 Å². The molecule has 0 aromatic heterocycles. The van der Waals surface area contributed by atoms with Crippen LogP contribution in [0, 0.1) is 0 Å². The minimum atomic E-state index is 0.928. The maximum absolute atomic E-state index is 6.44. The Kier molecular flexibility index (Phi) is 4.19. The van der Waals surface area contributed by atoms with E-state index in [9.17, 15) is 0 Å². The average molecular weight is 284 g/mol. The first-order chi connectivity index (χ1) is 9.83. The molecule has 2 aromatic rings. The quantitative estimate of drug-likeness (QED) is 0.799. The SMILES string of the molecule is ClC1=C(c2ccccc2)CN(Cc2ccccc2)CC1. The van der Waals surface area contributed by atoms with Crippen LogP contribution in [0.5, 0.6) is 0 Å². The molecule has 0 bridgehead atoms. The highest BCUT2D eigenvalue weighted by Gasteiger charge is 2.18. The topological polar surface area (TPSA) is 3.24 Å². The molecule has 2 aromatic carbocycles. The molecule has 102 valence electrons. The minimum Gasteiger partial charge on any atom is -0.294 e. The first-order valence-electron chi connectivity index (χ1n) is 7.02. The predicted octanol–water partition coefficient (Wildman–Crippen LogP) is 4.54. The Morgan fingerprint density at radius 3 is 2.25 bits per heavy atom. The molecule has 0 atom stereocenters. The largest absolute Gasteiger partial charge is 0.294 e. The van der Waals surface area contributed by atoms with Crippen LogP contribution in [0.2, 0.25) is 0 Å². The van der Waals surface area contributed by atoms with Crippen LogP contribution in [0.25, 0.3) is 5.57 Å². The molecule has 0 fully saturated rings. The summed E-state index contributed by atoms with van der Waals surface area (Å²) < 4.78 is 0. The van der Waals surface area contributed by atoms with Crippen molar-refractivity contribution in [2.24, 2.45) is 0 Å². The van der Waals surface area contributed by atoms with Gasteiger partial charge in [-0.2, -0.15) is 0 Å². The molecule has 1 nitrogen and oxygen atoms in total. The van der Waals surface area contributed by atoms with Gasteiger partial charge in [0.1, 0.15) is 0 Å². The molecule has 0 unspecified atom stereocenters. The molecule has 1 heterocycles. The van der Waals surface area contributed by atoms with Crippen molar-refractivity contribution in [2.75, 3.05) is 13.1 Å². The normalized spacial score (nSPS) is 16.4. The Morgan fingerprint density at radius 1 is 0.900 bits per heavy atom. The van der Waals surface area contributed by atoms with E-state index in [1.165, 1.54) is 16.7 Å². The van der Waals surface area contributed by atoms with Crippen molar-refractivity contribution in [3.8, 4) is 0 Å². The van der Waals surface area contributed by atoms with E-state index in [1.54, 1.807) is 0 Å². The summed E-state index contributed by atoms with van der Waals surface area (Å²) in [4.78, 5) is 2.46. The molecule has 0 aliphatic carbocycles. The van der Waals surface area contributed by atoms with E-state index in [2.05, 4.69) is 59.5 Å². The van der Waals surface area contributed by atoms with E-state index in [-0.39, 0.29) is 0 Å². The van der Waals surface area contributed by atoms with Crippen molar-refractivity contribution in [1.29, 1.82) is 0 Å². The summed E-state index contributed by atoms with van der Waals surface area (Å²) >= 11 is 6.44. The fraction of sp³-hybridized carbons (Fsp3) is 0.222. The summed E-state index contributed by atoms with van der Waals surface area (Å²) in [5.74, 6) is 0. The summed E-state index contributed by atoms with van der Waals surface area (Å²) in [6, 6.07) is 21.1. The van der Waals surface area contributed by atoms with Gasteiger partial charge in [-0.3, -0.25) is 4.90 Å². The number of hydrogen-bond acceptors (Lipinski definition) is 1. The monoisotopic (exact) mass is 283 g/mol. The fourth-order valence-corrected chi connectivity index (χ4v) is 2.91. The molecule has 2 heteroatoms. The molecule has 0 spiro atoms. The van der Waals surface area contributed by atoms with E-state index >= 15 is 0 Å². The standard InChI is InChI=1S/C18H18ClN/c19-18-11-12-20(13-15-7-3-1-4-8-15)14-17(18)16-9-5-2-6-10-16/h1-10H,11-14H2. The van der Waals surface area contributed by atoms with Crippen molar-refractivity contribution < 1.29 is 0 Å².